The summed E-state index contributed by atoms with van der Waals surface area (Å²) in [5.74, 6) is -1.17. The minimum atomic E-state index is -0.973. The van der Waals surface area contributed by atoms with Crippen molar-refractivity contribution in [2.24, 2.45) is 0 Å². The van der Waals surface area contributed by atoms with Gasteiger partial charge in [-0.1, -0.05) is 6.92 Å². The van der Waals surface area contributed by atoms with Gasteiger partial charge in [-0.2, -0.15) is 0 Å². The molecule has 5 nitrogen and oxygen atoms in total. The van der Waals surface area contributed by atoms with Crippen LogP contribution < -0.4 is 10.6 Å². The smallest absolute Gasteiger partial charge is 0.326 e. The third-order valence-electron chi connectivity index (χ3n) is 2.40. The van der Waals surface area contributed by atoms with E-state index in [9.17, 15) is 9.59 Å². The molecule has 0 aromatic carbocycles. The van der Waals surface area contributed by atoms with E-state index in [2.05, 4.69) is 10.6 Å². The summed E-state index contributed by atoms with van der Waals surface area (Å²) in [4.78, 5) is 22.1. The van der Waals surface area contributed by atoms with Gasteiger partial charge >= 0.3 is 5.97 Å². The van der Waals surface area contributed by atoms with Crippen molar-refractivity contribution in [1.29, 1.82) is 0 Å². The maximum atomic E-state index is 11.5. The monoisotopic (exact) mass is 200 g/mol. The van der Waals surface area contributed by atoms with Crippen molar-refractivity contribution in [1.82, 2.24) is 10.6 Å². The fourth-order valence-electron chi connectivity index (χ4n) is 1.52. The zero-order chi connectivity index (χ0) is 10.6. The third-order valence-corrected chi connectivity index (χ3v) is 2.40. The molecular weight excluding hydrogens is 184 g/mol. The molecule has 0 saturated carbocycles. The summed E-state index contributed by atoms with van der Waals surface area (Å²) in [6.45, 7) is 2.57. The Morgan fingerprint density at radius 1 is 1.64 bits per heavy atom. The zero-order valence-electron chi connectivity index (χ0n) is 8.25. The van der Waals surface area contributed by atoms with Crippen LogP contribution in [0.1, 0.15) is 26.2 Å². The van der Waals surface area contributed by atoms with Crippen LogP contribution in [0.3, 0.4) is 0 Å². The van der Waals surface area contributed by atoms with Crippen molar-refractivity contribution < 1.29 is 14.7 Å². The van der Waals surface area contributed by atoms with Crippen molar-refractivity contribution in [3.05, 3.63) is 0 Å². The summed E-state index contributed by atoms with van der Waals surface area (Å²) < 4.78 is 0. The molecule has 1 fully saturated rings. The number of nitrogens with one attached hydrogen (secondary N) is 2. The highest BCUT2D eigenvalue weighted by molar-refractivity contribution is 5.87. The number of aliphatic carboxylic acids is 1. The van der Waals surface area contributed by atoms with Crippen molar-refractivity contribution in [2.45, 2.75) is 38.3 Å². The standard InChI is InChI=1S/C9H16N2O3/c1-2-6(9(13)14)11-8(12)7-4-3-5-10-7/h6-7,10H,2-5H2,1H3,(H,11,12)(H,13,14)/t6-,7-/m1/s1. The van der Waals surface area contributed by atoms with Gasteiger partial charge in [0.05, 0.1) is 6.04 Å². The van der Waals surface area contributed by atoms with Crippen LogP contribution >= 0.6 is 0 Å². The molecule has 0 aliphatic carbocycles. The molecule has 2 atom stereocenters. The minimum Gasteiger partial charge on any atom is -0.480 e. The molecule has 1 amide bonds. The summed E-state index contributed by atoms with van der Waals surface area (Å²) in [7, 11) is 0. The molecule has 0 aromatic rings. The van der Waals surface area contributed by atoms with E-state index in [1.807, 2.05) is 0 Å². The highest BCUT2D eigenvalue weighted by Gasteiger charge is 2.25. The van der Waals surface area contributed by atoms with Crippen molar-refractivity contribution in [2.75, 3.05) is 6.54 Å². The highest BCUT2D eigenvalue weighted by Crippen LogP contribution is 2.05. The molecule has 0 radical (unpaired) electrons. The second kappa shape index (κ2) is 4.95. The number of hydrogen-bond donors (Lipinski definition) is 3. The Labute approximate surface area is 82.9 Å². The van der Waals surface area contributed by atoms with E-state index in [4.69, 9.17) is 5.11 Å². The molecule has 0 spiro atoms. The molecule has 1 heterocycles. The maximum Gasteiger partial charge on any atom is 0.326 e. The van der Waals surface area contributed by atoms with Crippen molar-refractivity contribution in [3.8, 4) is 0 Å². The number of carboxylic acids is 1. The predicted molar refractivity (Wildman–Crippen MR) is 50.9 cm³/mol. The Kier molecular flexibility index (Phi) is 3.88. The van der Waals surface area contributed by atoms with Gasteiger partial charge in [0, 0.05) is 0 Å². The minimum absolute atomic E-state index is 0.197. The molecule has 1 aliphatic heterocycles. The Bertz CT molecular complexity index is 224. The summed E-state index contributed by atoms with van der Waals surface area (Å²) in [5.41, 5.74) is 0. The van der Waals surface area contributed by atoms with Crippen LogP contribution in [0.5, 0.6) is 0 Å². The fourth-order valence-corrected chi connectivity index (χ4v) is 1.52. The second-order valence-corrected chi connectivity index (χ2v) is 3.46. The lowest BCUT2D eigenvalue weighted by molar-refractivity contribution is -0.142. The Morgan fingerprint density at radius 2 is 2.36 bits per heavy atom. The number of amides is 1. The highest BCUT2D eigenvalue weighted by atomic mass is 16.4. The Morgan fingerprint density at radius 3 is 2.79 bits per heavy atom. The average molecular weight is 200 g/mol. The van der Waals surface area contributed by atoms with E-state index in [1.165, 1.54) is 0 Å². The van der Waals surface area contributed by atoms with E-state index in [-0.39, 0.29) is 11.9 Å². The first-order valence-corrected chi connectivity index (χ1v) is 4.91. The molecule has 0 aromatic heterocycles. The average Bonchev–Trinajstić information content (AvgIpc) is 2.65. The van der Waals surface area contributed by atoms with E-state index >= 15 is 0 Å². The topological polar surface area (TPSA) is 78.4 Å². The molecule has 1 aliphatic rings. The Hall–Kier alpha value is -1.10. The van der Waals surface area contributed by atoms with Gasteiger partial charge in [0.15, 0.2) is 0 Å². The van der Waals surface area contributed by atoms with Crippen LogP contribution in [0.25, 0.3) is 0 Å². The van der Waals surface area contributed by atoms with Gasteiger partial charge in [-0.25, -0.2) is 4.79 Å². The molecule has 0 unspecified atom stereocenters. The lowest BCUT2D eigenvalue weighted by atomic mass is 10.2. The summed E-state index contributed by atoms with van der Waals surface area (Å²) in [6.07, 6.45) is 2.18. The largest absolute Gasteiger partial charge is 0.480 e. The van der Waals surface area contributed by atoms with E-state index < -0.39 is 12.0 Å². The first kappa shape index (κ1) is 11.0. The molecular formula is C9H16N2O3. The van der Waals surface area contributed by atoms with E-state index in [0.29, 0.717) is 6.42 Å². The van der Waals surface area contributed by atoms with E-state index in [1.54, 1.807) is 6.92 Å². The lowest BCUT2D eigenvalue weighted by Crippen LogP contribution is -2.47. The normalized spacial score (nSPS) is 23.1. The number of carbonyl (C=O) groups is 2. The molecule has 1 saturated heterocycles. The van der Waals surface area contributed by atoms with Crippen molar-refractivity contribution in [3.63, 3.8) is 0 Å². The number of hydrogen-bond acceptors (Lipinski definition) is 3. The van der Waals surface area contributed by atoms with Crippen LogP contribution in [0.4, 0.5) is 0 Å². The zero-order valence-corrected chi connectivity index (χ0v) is 8.25. The predicted octanol–water partition coefficient (Wildman–Crippen LogP) is -0.282. The van der Waals surface area contributed by atoms with Gasteiger partial charge in [0.2, 0.25) is 5.91 Å². The van der Waals surface area contributed by atoms with Crippen LogP contribution in [0.2, 0.25) is 0 Å². The molecule has 14 heavy (non-hydrogen) atoms. The number of rotatable bonds is 4. The summed E-state index contributed by atoms with van der Waals surface area (Å²) in [6, 6.07) is -0.965. The van der Waals surface area contributed by atoms with Gasteiger partial charge < -0.3 is 15.7 Å². The van der Waals surface area contributed by atoms with Gasteiger partial charge in [0.25, 0.3) is 0 Å². The van der Waals surface area contributed by atoms with Crippen LogP contribution in [0.15, 0.2) is 0 Å². The van der Waals surface area contributed by atoms with Crippen LogP contribution in [-0.2, 0) is 9.59 Å². The van der Waals surface area contributed by atoms with Gasteiger partial charge in [0.1, 0.15) is 6.04 Å². The van der Waals surface area contributed by atoms with Gasteiger partial charge in [-0.3, -0.25) is 4.79 Å². The van der Waals surface area contributed by atoms with Gasteiger partial charge in [-0.15, -0.1) is 0 Å². The van der Waals surface area contributed by atoms with Crippen LogP contribution in [0, 0.1) is 0 Å². The SMILES string of the molecule is CC[C@@H](NC(=O)[C@H]1CCCN1)C(=O)O. The number of carbonyl (C=O) groups excluding carboxylic acids is 1. The molecule has 3 N–H and O–H groups in total. The second-order valence-electron chi connectivity index (χ2n) is 3.46. The number of carboxylic acid groups (broad SMARTS) is 1. The van der Waals surface area contributed by atoms with Crippen molar-refractivity contribution >= 4 is 11.9 Å². The van der Waals surface area contributed by atoms with Crippen LogP contribution in [-0.4, -0.2) is 35.6 Å². The third kappa shape index (κ3) is 2.70. The molecule has 80 valence electrons. The molecule has 0 bridgehead atoms. The maximum absolute atomic E-state index is 11.5. The summed E-state index contributed by atoms with van der Waals surface area (Å²) in [5, 5.41) is 14.3. The van der Waals surface area contributed by atoms with E-state index in [0.717, 1.165) is 19.4 Å². The first-order chi connectivity index (χ1) is 6.65. The first-order valence-electron chi connectivity index (χ1n) is 4.91. The summed E-state index contributed by atoms with van der Waals surface area (Å²) >= 11 is 0. The fraction of sp³-hybridized carbons (Fsp3) is 0.778. The van der Waals surface area contributed by atoms with Gasteiger partial charge in [-0.05, 0) is 25.8 Å². The molecule has 1 rings (SSSR count). The lowest BCUT2D eigenvalue weighted by Gasteiger charge is -2.15. The Balaban J connectivity index is 2.41. The quantitative estimate of drug-likeness (QED) is 0.583. The molecule has 5 heteroatoms.